The Morgan fingerprint density at radius 3 is 1.06 bits per heavy atom. The second kappa shape index (κ2) is 7.04. The number of nitrogens with zero attached hydrogens (tertiary/aromatic N) is 2. The average molecular weight is 455 g/mol. The highest BCUT2D eigenvalue weighted by atomic mass is 16.5. The van der Waals surface area contributed by atoms with Gasteiger partial charge in [-0.25, -0.2) is 0 Å². The van der Waals surface area contributed by atoms with E-state index in [0.717, 1.165) is 5.75 Å². The number of rotatable bonds is 3. The minimum absolute atomic E-state index is 0.150. The molecule has 0 saturated carbocycles. The summed E-state index contributed by atoms with van der Waals surface area (Å²) in [5.74, 6) is 0.887. The first-order valence-electron chi connectivity index (χ1n) is 12.3. The molecule has 3 nitrogen and oxygen atoms in total. The van der Waals surface area contributed by atoms with Gasteiger partial charge in [-0.3, -0.25) is 0 Å². The van der Waals surface area contributed by atoms with Gasteiger partial charge in [0.15, 0.2) is 0 Å². The first-order valence-corrected chi connectivity index (χ1v) is 12.3. The monoisotopic (exact) mass is 454 g/mol. The van der Waals surface area contributed by atoms with Crippen LogP contribution in [0.25, 0.3) is 0 Å². The van der Waals surface area contributed by atoms with Crippen LogP contribution in [-0.2, 0) is 22.2 Å². The van der Waals surface area contributed by atoms with E-state index >= 15 is 0 Å². The summed E-state index contributed by atoms with van der Waals surface area (Å²) in [5.41, 5.74) is 7.32. The van der Waals surface area contributed by atoms with Crippen LogP contribution in [0.3, 0.4) is 0 Å². The summed E-state index contributed by atoms with van der Waals surface area (Å²) in [6, 6.07) is 24.5. The highest BCUT2D eigenvalue weighted by Gasteiger charge is 2.51. The van der Waals surface area contributed by atoms with Gasteiger partial charge in [0.25, 0.3) is 0 Å². The van der Waals surface area contributed by atoms with Crippen molar-refractivity contribution >= 4 is 11.4 Å². The van der Waals surface area contributed by atoms with Gasteiger partial charge in [-0.2, -0.15) is 0 Å². The lowest BCUT2D eigenvalue weighted by molar-refractivity contribution is 0.390. The molecule has 2 aliphatic rings. The standard InChI is InChI=1S/C31H38N2O/c1-28(2)24-14-10-11-15-25(24)29(3,4)32(28)21-18-22(20-23(19-21)34-9)33-30(5,6)26-16-12-13-17-27(26)31(33,7)8/h10-20H,1-9H3. The molecule has 34 heavy (non-hydrogen) atoms. The quantitative estimate of drug-likeness (QED) is 0.404. The Hall–Kier alpha value is -2.94. The van der Waals surface area contributed by atoms with Gasteiger partial charge in [0.1, 0.15) is 5.75 Å². The number of hydrogen-bond acceptors (Lipinski definition) is 3. The second-order valence-corrected chi connectivity index (χ2v) is 11.9. The number of ether oxygens (including phenoxy) is 1. The van der Waals surface area contributed by atoms with Gasteiger partial charge in [0.2, 0.25) is 0 Å². The SMILES string of the molecule is COc1cc(N2C(C)(C)c3ccccc3C2(C)C)cc(N2C(C)(C)c3ccccc3C2(C)C)c1. The molecule has 2 heterocycles. The molecule has 0 aromatic heterocycles. The normalized spacial score (nSPS) is 20.7. The van der Waals surface area contributed by atoms with Crippen LogP contribution in [0.4, 0.5) is 11.4 Å². The Kier molecular flexibility index (Phi) is 4.73. The highest BCUT2D eigenvalue weighted by Crippen LogP contribution is 2.55. The van der Waals surface area contributed by atoms with E-state index in [1.165, 1.54) is 33.6 Å². The fourth-order valence-electron chi connectivity index (χ4n) is 7.21. The largest absolute Gasteiger partial charge is 0.497 e. The van der Waals surface area contributed by atoms with Crippen molar-refractivity contribution < 1.29 is 4.74 Å². The maximum Gasteiger partial charge on any atom is 0.122 e. The molecule has 3 heteroatoms. The van der Waals surface area contributed by atoms with E-state index in [-0.39, 0.29) is 22.2 Å². The first kappa shape index (κ1) is 22.8. The van der Waals surface area contributed by atoms with Crippen LogP contribution in [0, 0.1) is 0 Å². The van der Waals surface area contributed by atoms with Crippen molar-refractivity contribution in [3.8, 4) is 5.75 Å². The Morgan fingerprint density at radius 1 is 0.500 bits per heavy atom. The van der Waals surface area contributed by atoms with Gasteiger partial charge in [0, 0.05) is 23.5 Å². The van der Waals surface area contributed by atoms with E-state index in [0.29, 0.717) is 0 Å². The summed E-state index contributed by atoms with van der Waals surface area (Å²) in [4.78, 5) is 5.14. The molecule has 0 N–H and O–H groups in total. The van der Waals surface area contributed by atoms with E-state index in [2.05, 4.69) is 132 Å². The predicted molar refractivity (Wildman–Crippen MR) is 143 cm³/mol. The molecule has 0 unspecified atom stereocenters. The zero-order valence-electron chi connectivity index (χ0n) is 22.2. The Labute approximate surface area is 205 Å². The smallest absolute Gasteiger partial charge is 0.122 e. The lowest BCUT2D eigenvalue weighted by Gasteiger charge is -2.46. The van der Waals surface area contributed by atoms with Crippen molar-refractivity contribution in [2.45, 2.75) is 77.5 Å². The summed E-state index contributed by atoms with van der Waals surface area (Å²) >= 11 is 0. The van der Waals surface area contributed by atoms with E-state index in [1.54, 1.807) is 7.11 Å². The van der Waals surface area contributed by atoms with Crippen molar-refractivity contribution in [2.24, 2.45) is 0 Å². The van der Waals surface area contributed by atoms with E-state index in [9.17, 15) is 0 Å². The molecule has 0 bridgehead atoms. The van der Waals surface area contributed by atoms with E-state index in [1.807, 2.05) is 0 Å². The Morgan fingerprint density at radius 2 is 0.794 bits per heavy atom. The Bertz CT molecular complexity index is 1100. The van der Waals surface area contributed by atoms with Crippen LogP contribution in [0.1, 0.15) is 77.6 Å². The van der Waals surface area contributed by atoms with Crippen LogP contribution in [-0.4, -0.2) is 7.11 Å². The van der Waals surface area contributed by atoms with Crippen LogP contribution in [0.15, 0.2) is 66.7 Å². The van der Waals surface area contributed by atoms with Crippen molar-refractivity contribution in [3.63, 3.8) is 0 Å². The average Bonchev–Trinajstić information content (AvgIpc) is 3.05. The minimum atomic E-state index is -0.150. The van der Waals surface area contributed by atoms with Gasteiger partial charge in [0.05, 0.1) is 29.3 Å². The molecule has 0 saturated heterocycles. The van der Waals surface area contributed by atoms with Crippen LogP contribution < -0.4 is 14.5 Å². The molecular weight excluding hydrogens is 416 g/mol. The molecule has 0 aliphatic carbocycles. The molecule has 0 amide bonds. The van der Waals surface area contributed by atoms with Crippen LogP contribution in [0.2, 0.25) is 0 Å². The molecule has 178 valence electrons. The first-order chi connectivity index (χ1) is 15.8. The summed E-state index contributed by atoms with van der Waals surface area (Å²) in [7, 11) is 1.77. The minimum Gasteiger partial charge on any atom is -0.497 e. The molecule has 2 aliphatic heterocycles. The maximum absolute atomic E-state index is 5.89. The predicted octanol–water partition coefficient (Wildman–Crippen LogP) is 7.68. The molecule has 3 aromatic carbocycles. The summed E-state index contributed by atoms with van der Waals surface area (Å²) in [6.07, 6.45) is 0. The number of anilines is 2. The second-order valence-electron chi connectivity index (χ2n) is 11.9. The maximum atomic E-state index is 5.89. The third kappa shape index (κ3) is 2.88. The zero-order valence-corrected chi connectivity index (χ0v) is 22.2. The van der Waals surface area contributed by atoms with E-state index < -0.39 is 0 Å². The summed E-state index contributed by atoms with van der Waals surface area (Å²) < 4.78 is 5.89. The molecule has 0 fully saturated rings. The third-order valence-electron chi connectivity index (χ3n) is 8.35. The molecule has 0 radical (unpaired) electrons. The number of benzene rings is 3. The molecule has 0 atom stereocenters. The molecule has 0 spiro atoms. The fraction of sp³-hybridized carbons (Fsp3) is 0.419. The van der Waals surface area contributed by atoms with Gasteiger partial charge in [-0.05, 0) is 83.7 Å². The molecule has 3 aromatic rings. The van der Waals surface area contributed by atoms with Crippen molar-refractivity contribution in [3.05, 3.63) is 89.0 Å². The zero-order chi connectivity index (χ0) is 24.7. The van der Waals surface area contributed by atoms with Crippen LogP contribution in [0.5, 0.6) is 5.75 Å². The van der Waals surface area contributed by atoms with Crippen molar-refractivity contribution in [1.82, 2.24) is 0 Å². The topological polar surface area (TPSA) is 15.7 Å². The number of methoxy groups -OCH3 is 1. The molecular formula is C31H38N2O. The summed E-state index contributed by atoms with van der Waals surface area (Å²) in [5, 5.41) is 0. The molecule has 5 rings (SSSR count). The fourth-order valence-corrected chi connectivity index (χ4v) is 7.21. The number of fused-ring (bicyclic) bond motifs is 2. The van der Waals surface area contributed by atoms with Gasteiger partial charge < -0.3 is 14.5 Å². The van der Waals surface area contributed by atoms with Gasteiger partial charge in [-0.1, -0.05) is 48.5 Å². The lowest BCUT2D eigenvalue weighted by Crippen LogP contribution is -2.47. The number of hydrogen-bond donors (Lipinski definition) is 0. The third-order valence-corrected chi connectivity index (χ3v) is 8.35. The van der Waals surface area contributed by atoms with Gasteiger partial charge >= 0.3 is 0 Å². The van der Waals surface area contributed by atoms with Crippen molar-refractivity contribution in [2.75, 3.05) is 16.9 Å². The lowest BCUT2D eigenvalue weighted by atomic mass is 9.91. The summed E-state index contributed by atoms with van der Waals surface area (Å²) in [6.45, 7) is 18.7. The Balaban J connectivity index is 1.71. The van der Waals surface area contributed by atoms with Crippen molar-refractivity contribution in [1.29, 1.82) is 0 Å². The highest BCUT2D eigenvalue weighted by molar-refractivity contribution is 5.72. The van der Waals surface area contributed by atoms with Gasteiger partial charge in [-0.15, -0.1) is 0 Å². The van der Waals surface area contributed by atoms with E-state index in [4.69, 9.17) is 4.74 Å². The van der Waals surface area contributed by atoms with Crippen LogP contribution >= 0.6 is 0 Å².